The summed E-state index contributed by atoms with van der Waals surface area (Å²) in [5.74, 6) is -0.0908. The Kier molecular flexibility index (Phi) is 6.39. The Bertz CT molecular complexity index is 528. The second-order valence-corrected chi connectivity index (χ2v) is 6.51. The van der Waals surface area contributed by atoms with Gasteiger partial charge in [-0.2, -0.15) is 0 Å². The summed E-state index contributed by atoms with van der Waals surface area (Å²) in [6, 6.07) is 4.88. The van der Waals surface area contributed by atoms with E-state index in [0.29, 0.717) is 25.9 Å². The minimum Gasteiger partial charge on any atom is -0.494 e. The zero-order chi connectivity index (χ0) is 16.7. The molecule has 0 saturated heterocycles. The molecule has 3 N–H and O–H groups in total. The van der Waals surface area contributed by atoms with Gasteiger partial charge in [0, 0.05) is 13.0 Å². The van der Waals surface area contributed by atoms with E-state index in [0.717, 1.165) is 31.2 Å². The van der Waals surface area contributed by atoms with Crippen LogP contribution in [-0.2, 0) is 11.2 Å². The van der Waals surface area contributed by atoms with Crippen molar-refractivity contribution >= 4 is 5.91 Å². The van der Waals surface area contributed by atoms with Gasteiger partial charge in [0.15, 0.2) is 11.6 Å². The second kappa shape index (κ2) is 8.29. The van der Waals surface area contributed by atoms with E-state index in [9.17, 15) is 9.18 Å². The van der Waals surface area contributed by atoms with E-state index >= 15 is 0 Å². The standard InChI is InChI=1S/C18H27FN2O2/c1-23-16-6-5-14(11-15(16)19)7-10-21-17(22)12-18(13-20)8-3-2-4-9-18/h5-6,11H,2-4,7-10,12-13,20H2,1H3,(H,21,22). The first-order valence-corrected chi connectivity index (χ1v) is 8.38. The largest absolute Gasteiger partial charge is 0.494 e. The number of benzene rings is 1. The minimum absolute atomic E-state index is 0.0193. The molecule has 128 valence electrons. The van der Waals surface area contributed by atoms with Crippen molar-refractivity contribution in [3.05, 3.63) is 29.6 Å². The fourth-order valence-electron chi connectivity index (χ4n) is 3.37. The highest BCUT2D eigenvalue weighted by Crippen LogP contribution is 2.38. The van der Waals surface area contributed by atoms with E-state index in [2.05, 4.69) is 5.32 Å². The van der Waals surface area contributed by atoms with Crippen molar-refractivity contribution < 1.29 is 13.9 Å². The van der Waals surface area contributed by atoms with E-state index < -0.39 is 0 Å². The number of rotatable bonds is 7. The zero-order valence-electron chi connectivity index (χ0n) is 13.9. The maximum absolute atomic E-state index is 13.6. The van der Waals surface area contributed by atoms with Crippen LogP contribution in [0.25, 0.3) is 0 Å². The summed E-state index contributed by atoms with van der Waals surface area (Å²) in [5, 5.41) is 2.94. The lowest BCUT2D eigenvalue weighted by atomic mass is 9.71. The molecule has 0 aromatic heterocycles. The lowest BCUT2D eigenvalue weighted by Crippen LogP contribution is -2.39. The quantitative estimate of drug-likeness (QED) is 0.811. The van der Waals surface area contributed by atoms with E-state index in [1.807, 2.05) is 6.07 Å². The van der Waals surface area contributed by atoms with Gasteiger partial charge in [-0.3, -0.25) is 4.79 Å². The molecule has 1 fully saturated rings. The minimum atomic E-state index is -0.374. The average molecular weight is 322 g/mol. The Morgan fingerprint density at radius 1 is 1.35 bits per heavy atom. The van der Waals surface area contributed by atoms with Crippen LogP contribution in [0, 0.1) is 11.2 Å². The van der Waals surface area contributed by atoms with Crippen LogP contribution in [-0.4, -0.2) is 26.1 Å². The van der Waals surface area contributed by atoms with Gasteiger partial charge in [-0.1, -0.05) is 25.3 Å². The van der Waals surface area contributed by atoms with Crippen LogP contribution in [0.4, 0.5) is 4.39 Å². The number of nitrogens with one attached hydrogen (secondary N) is 1. The Labute approximate surface area is 137 Å². The molecule has 0 aliphatic heterocycles. The molecule has 0 atom stereocenters. The molecule has 0 spiro atoms. The topological polar surface area (TPSA) is 64.3 Å². The molecule has 1 aromatic carbocycles. The van der Waals surface area contributed by atoms with Crippen LogP contribution in [0.2, 0.25) is 0 Å². The van der Waals surface area contributed by atoms with Gasteiger partial charge >= 0.3 is 0 Å². The number of carbonyl (C=O) groups excluding carboxylic acids is 1. The smallest absolute Gasteiger partial charge is 0.220 e. The van der Waals surface area contributed by atoms with Crippen LogP contribution < -0.4 is 15.8 Å². The highest BCUT2D eigenvalue weighted by atomic mass is 19.1. The summed E-state index contributed by atoms with van der Waals surface area (Å²) in [6.45, 7) is 1.08. The molecule has 0 bridgehead atoms. The van der Waals surface area contributed by atoms with Crippen LogP contribution in [0.5, 0.6) is 5.75 Å². The van der Waals surface area contributed by atoms with Gasteiger partial charge in [0.05, 0.1) is 7.11 Å². The van der Waals surface area contributed by atoms with E-state index in [1.165, 1.54) is 19.6 Å². The van der Waals surface area contributed by atoms with Gasteiger partial charge < -0.3 is 15.8 Å². The van der Waals surface area contributed by atoms with E-state index in [1.54, 1.807) is 6.07 Å². The third-order valence-electron chi connectivity index (χ3n) is 4.83. The number of methoxy groups -OCH3 is 1. The van der Waals surface area contributed by atoms with Crippen molar-refractivity contribution in [1.29, 1.82) is 0 Å². The molecule has 1 saturated carbocycles. The predicted octanol–water partition coefficient (Wildman–Crippen LogP) is 2.79. The van der Waals surface area contributed by atoms with Crippen molar-refractivity contribution in [2.45, 2.75) is 44.9 Å². The number of nitrogens with two attached hydrogens (primary N) is 1. The van der Waals surface area contributed by atoms with Gasteiger partial charge in [-0.25, -0.2) is 4.39 Å². The average Bonchev–Trinajstić information content (AvgIpc) is 2.56. The third kappa shape index (κ3) is 4.93. The zero-order valence-corrected chi connectivity index (χ0v) is 13.9. The maximum atomic E-state index is 13.6. The molecule has 1 aliphatic carbocycles. The molecular weight excluding hydrogens is 295 g/mol. The van der Waals surface area contributed by atoms with Crippen LogP contribution in [0.3, 0.4) is 0 Å². The van der Waals surface area contributed by atoms with Gasteiger partial charge in [0.1, 0.15) is 0 Å². The first-order valence-electron chi connectivity index (χ1n) is 8.38. The lowest BCUT2D eigenvalue weighted by Gasteiger charge is -2.35. The molecule has 1 amide bonds. The summed E-state index contributed by atoms with van der Waals surface area (Å²) >= 11 is 0. The van der Waals surface area contributed by atoms with Crippen molar-refractivity contribution in [1.82, 2.24) is 5.32 Å². The first-order chi connectivity index (χ1) is 11.1. The molecule has 2 rings (SSSR count). The van der Waals surface area contributed by atoms with Gasteiger partial charge in [0.25, 0.3) is 0 Å². The fourth-order valence-corrected chi connectivity index (χ4v) is 3.37. The summed E-state index contributed by atoms with van der Waals surface area (Å²) < 4.78 is 18.5. The number of amides is 1. The molecule has 5 heteroatoms. The Morgan fingerprint density at radius 2 is 2.09 bits per heavy atom. The molecule has 0 radical (unpaired) electrons. The van der Waals surface area contributed by atoms with Crippen molar-refractivity contribution in [2.24, 2.45) is 11.1 Å². The molecular formula is C18H27FN2O2. The molecule has 1 aromatic rings. The highest BCUT2D eigenvalue weighted by Gasteiger charge is 2.32. The van der Waals surface area contributed by atoms with Gasteiger partial charge in [-0.15, -0.1) is 0 Å². The van der Waals surface area contributed by atoms with Gasteiger partial charge in [0.2, 0.25) is 5.91 Å². The van der Waals surface area contributed by atoms with Crippen LogP contribution in [0.1, 0.15) is 44.1 Å². The summed E-state index contributed by atoms with van der Waals surface area (Å²) in [5.41, 5.74) is 6.74. The molecule has 0 heterocycles. The van der Waals surface area contributed by atoms with Crippen molar-refractivity contribution in [3.63, 3.8) is 0 Å². The van der Waals surface area contributed by atoms with Crippen LogP contribution >= 0.6 is 0 Å². The van der Waals surface area contributed by atoms with Gasteiger partial charge in [-0.05, 0) is 48.9 Å². The summed E-state index contributed by atoms with van der Waals surface area (Å²) in [7, 11) is 1.44. The lowest BCUT2D eigenvalue weighted by molar-refractivity contribution is -0.123. The Hall–Kier alpha value is -1.62. The summed E-state index contributed by atoms with van der Waals surface area (Å²) in [4.78, 5) is 12.2. The third-order valence-corrected chi connectivity index (χ3v) is 4.83. The highest BCUT2D eigenvalue weighted by molar-refractivity contribution is 5.76. The van der Waals surface area contributed by atoms with E-state index in [-0.39, 0.29) is 22.9 Å². The van der Waals surface area contributed by atoms with E-state index in [4.69, 9.17) is 10.5 Å². The number of hydrogen-bond acceptors (Lipinski definition) is 3. The second-order valence-electron chi connectivity index (χ2n) is 6.51. The molecule has 0 unspecified atom stereocenters. The molecule has 23 heavy (non-hydrogen) atoms. The van der Waals surface area contributed by atoms with Crippen molar-refractivity contribution in [3.8, 4) is 5.75 Å². The normalized spacial score (nSPS) is 16.8. The molecule has 1 aliphatic rings. The number of hydrogen-bond donors (Lipinski definition) is 2. The van der Waals surface area contributed by atoms with Crippen LogP contribution in [0.15, 0.2) is 18.2 Å². The number of carbonyl (C=O) groups is 1. The monoisotopic (exact) mass is 322 g/mol. The fraction of sp³-hybridized carbons (Fsp3) is 0.611. The molecule has 4 nitrogen and oxygen atoms in total. The Morgan fingerprint density at radius 3 is 2.70 bits per heavy atom. The first kappa shape index (κ1) is 17.7. The number of ether oxygens (including phenoxy) is 1. The Balaban J connectivity index is 1.79. The number of halogens is 1. The summed E-state index contributed by atoms with van der Waals surface area (Å²) in [6.07, 6.45) is 6.75. The predicted molar refractivity (Wildman–Crippen MR) is 88.9 cm³/mol. The SMILES string of the molecule is COc1ccc(CCNC(=O)CC2(CN)CCCCC2)cc1F. The maximum Gasteiger partial charge on any atom is 0.220 e. The van der Waals surface area contributed by atoms with Crippen molar-refractivity contribution in [2.75, 3.05) is 20.2 Å².